The van der Waals surface area contributed by atoms with E-state index in [1.54, 1.807) is 0 Å². The Morgan fingerprint density at radius 1 is 1.38 bits per heavy atom. The topological polar surface area (TPSA) is 75.6 Å². The number of hydrogen-bond acceptors (Lipinski definition) is 3. The van der Waals surface area contributed by atoms with Gasteiger partial charge in [0.1, 0.15) is 5.54 Å². The fourth-order valence-corrected chi connectivity index (χ4v) is 3.71. The molecule has 0 bridgehead atoms. The maximum atomic E-state index is 12.2. The molecule has 2 rings (SSSR count). The number of amides is 1. The molecule has 5 nitrogen and oxygen atoms in total. The number of ether oxygens (including phenoxy) is 1. The van der Waals surface area contributed by atoms with E-state index in [0.29, 0.717) is 37.7 Å². The normalized spacial score (nSPS) is 35.8. The molecule has 2 fully saturated rings. The fraction of sp³-hybridized carbons (Fsp3) is 0.875. The Morgan fingerprint density at radius 3 is 2.67 bits per heavy atom. The molecule has 0 aromatic rings. The van der Waals surface area contributed by atoms with Gasteiger partial charge in [-0.2, -0.15) is 0 Å². The maximum absolute atomic E-state index is 12.2. The van der Waals surface area contributed by atoms with Crippen molar-refractivity contribution in [2.75, 3.05) is 6.61 Å². The Labute approximate surface area is 126 Å². The minimum Gasteiger partial charge on any atom is -0.480 e. The van der Waals surface area contributed by atoms with Crippen LogP contribution in [0.25, 0.3) is 0 Å². The van der Waals surface area contributed by atoms with Crippen molar-refractivity contribution in [1.29, 1.82) is 0 Å². The predicted molar refractivity (Wildman–Crippen MR) is 78.9 cm³/mol. The second-order valence-corrected chi connectivity index (χ2v) is 6.76. The number of aliphatic carboxylic acids is 1. The van der Waals surface area contributed by atoms with E-state index in [0.717, 1.165) is 25.7 Å². The first-order valence-corrected chi connectivity index (χ1v) is 8.11. The minimum atomic E-state index is -1.04. The Kier molecular flexibility index (Phi) is 5.25. The van der Waals surface area contributed by atoms with Gasteiger partial charge in [0.05, 0.1) is 6.10 Å². The smallest absolute Gasteiger partial charge is 0.329 e. The van der Waals surface area contributed by atoms with Crippen LogP contribution in [-0.4, -0.2) is 35.2 Å². The van der Waals surface area contributed by atoms with Gasteiger partial charge in [-0.05, 0) is 44.4 Å². The first kappa shape index (κ1) is 16.3. The summed E-state index contributed by atoms with van der Waals surface area (Å²) in [6, 6.07) is 0. The number of hydrogen-bond donors (Lipinski definition) is 2. The molecule has 1 amide bonds. The average molecular weight is 297 g/mol. The van der Waals surface area contributed by atoms with Crippen molar-refractivity contribution >= 4 is 11.9 Å². The summed E-state index contributed by atoms with van der Waals surface area (Å²) in [6.07, 6.45) is 5.54. The van der Waals surface area contributed by atoms with E-state index in [1.165, 1.54) is 0 Å². The van der Waals surface area contributed by atoms with Crippen molar-refractivity contribution < 1.29 is 19.4 Å². The third-order valence-corrected chi connectivity index (χ3v) is 4.85. The van der Waals surface area contributed by atoms with Gasteiger partial charge in [-0.25, -0.2) is 4.79 Å². The summed E-state index contributed by atoms with van der Waals surface area (Å²) < 4.78 is 5.49. The van der Waals surface area contributed by atoms with Crippen LogP contribution in [0.3, 0.4) is 0 Å². The summed E-state index contributed by atoms with van der Waals surface area (Å²) >= 11 is 0. The van der Waals surface area contributed by atoms with Crippen LogP contribution >= 0.6 is 0 Å². The third-order valence-electron chi connectivity index (χ3n) is 4.85. The van der Waals surface area contributed by atoms with Gasteiger partial charge < -0.3 is 15.2 Å². The van der Waals surface area contributed by atoms with Crippen LogP contribution in [0.1, 0.15) is 58.8 Å². The molecule has 0 radical (unpaired) electrons. The van der Waals surface area contributed by atoms with Gasteiger partial charge in [-0.15, -0.1) is 0 Å². The van der Waals surface area contributed by atoms with E-state index in [-0.39, 0.29) is 12.0 Å². The molecule has 0 spiro atoms. The lowest BCUT2D eigenvalue weighted by Crippen LogP contribution is -2.57. The Balaban J connectivity index is 1.84. The molecule has 0 aromatic heterocycles. The molecule has 5 heteroatoms. The highest BCUT2D eigenvalue weighted by Gasteiger charge is 2.43. The van der Waals surface area contributed by atoms with Crippen molar-refractivity contribution in [3.8, 4) is 0 Å². The second-order valence-electron chi connectivity index (χ2n) is 6.76. The minimum absolute atomic E-state index is 0.119. The Morgan fingerprint density at radius 2 is 2.10 bits per heavy atom. The number of carbonyl (C=O) groups excluding carboxylic acids is 1. The summed E-state index contributed by atoms with van der Waals surface area (Å²) in [6.45, 7) is 4.74. The van der Waals surface area contributed by atoms with Crippen molar-refractivity contribution in [3.63, 3.8) is 0 Å². The lowest BCUT2D eigenvalue weighted by Gasteiger charge is -2.39. The maximum Gasteiger partial charge on any atom is 0.329 e. The van der Waals surface area contributed by atoms with E-state index in [1.807, 2.05) is 6.92 Å². The zero-order chi connectivity index (χ0) is 15.5. The van der Waals surface area contributed by atoms with E-state index in [2.05, 4.69) is 12.2 Å². The lowest BCUT2D eigenvalue weighted by atomic mass is 9.75. The van der Waals surface area contributed by atoms with Gasteiger partial charge in [-0.3, -0.25) is 4.79 Å². The van der Waals surface area contributed by atoms with E-state index < -0.39 is 11.5 Å². The molecule has 21 heavy (non-hydrogen) atoms. The predicted octanol–water partition coefficient (Wildman–Crippen LogP) is 2.34. The van der Waals surface area contributed by atoms with Crippen molar-refractivity contribution in [2.45, 2.75) is 70.4 Å². The summed E-state index contributed by atoms with van der Waals surface area (Å²) in [5, 5.41) is 12.4. The molecule has 2 aliphatic carbocycles. The summed E-state index contributed by atoms with van der Waals surface area (Å²) in [5.74, 6) is -0.316. The van der Waals surface area contributed by atoms with Crippen molar-refractivity contribution in [1.82, 2.24) is 5.32 Å². The van der Waals surface area contributed by atoms with Gasteiger partial charge in [0.15, 0.2) is 0 Å². The molecule has 0 aromatic carbocycles. The van der Waals surface area contributed by atoms with E-state index in [9.17, 15) is 14.7 Å². The summed E-state index contributed by atoms with van der Waals surface area (Å²) in [4.78, 5) is 23.8. The molecule has 2 aliphatic rings. The quantitative estimate of drug-likeness (QED) is 0.789. The highest BCUT2D eigenvalue weighted by molar-refractivity contribution is 5.87. The van der Waals surface area contributed by atoms with Crippen LogP contribution in [0.5, 0.6) is 0 Å². The summed E-state index contributed by atoms with van der Waals surface area (Å²) in [5.41, 5.74) is -1.04. The summed E-state index contributed by atoms with van der Waals surface area (Å²) in [7, 11) is 0. The molecule has 0 heterocycles. The van der Waals surface area contributed by atoms with Crippen molar-refractivity contribution in [2.24, 2.45) is 11.8 Å². The van der Waals surface area contributed by atoms with Crippen LogP contribution in [-0.2, 0) is 14.3 Å². The van der Waals surface area contributed by atoms with Gasteiger partial charge in [0, 0.05) is 13.0 Å². The molecule has 0 aliphatic heterocycles. The van der Waals surface area contributed by atoms with Gasteiger partial charge in [0.2, 0.25) is 5.91 Å². The number of carboxylic acids is 1. The van der Waals surface area contributed by atoms with Gasteiger partial charge in [0.25, 0.3) is 0 Å². The highest BCUT2D eigenvalue weighted by atomic mass is 16.5. The Hall–Kier alpha value is -1.10. The van der Waals surface area contributed by atoms with E-state index in [4.69, 9.17) is 4.74 Å². The van der Waals surface area contributed by atoms with E-state index >= 15 is 0 Å². The molecule has 120 valence electrons. The Bertz CT molecular complexity index is 392. The first-order chi connectivity index (χ1) is 9.95. The standard InChI is InChI=1S/C16H27NO4/c1-3-21-13-7-12(8-13)9-14(18)17-16(15(19)20)6-4-5-11(2)10-16/h11-13H,3-10H2,1-2H3,(H,17,18)(H,19,20). The van der Waals surface area contributed by atoms with Gasteiger partial charge >= 0.3 is 5.97 Å². The zero-order valence-electron chi connectivity index (χ0n) is 13.1. The highest BCUT2D eigenvalue weighted by Crippen LogP contribution is 2.35. The lowest BCUT2D eigenvalue weighted by molar-refractivity contribution is -0.150. The first-order valence-electron chi connectivity index (χ1n) is 8.11. The van der Waals surface area contributed by atoms with Gasteiger partial charge in [-0.1, -0.05) is 19.8 Å². The van der Waals surface area contributed by atoms with Crippen LogP contribution in [0, 0.1) is 11.8 Å². The van der Waals surface area contributed by atoms with Crippen LogP contribution in [0.2, 0.25) is 0 Å². The number of rotatable bonds is 6. The second kappa shape index (κ2) is 6.77. The molecule has 2 unspecified atom stereocenters. The largest absolute Gasteiger partial charge is 0.480 e. The SMILES string of the molecule is CCOC1CC(CC(=O)NC2(C(=O)O)CCCC(C)C2)C1. The number of nitrogens with one attached hydrogen (secondary N) is 1. The van der Waals surface area contributed by atoms with Crippen molar-refractivity contribution in [3.05, 3.63) is 0 Å². The molecular weight excluding hydrogens is 270 g/mol. The molecular formula is C16H27NO4. The average Bonchev–Trinajstić information content (AvgIpc) is 2.36. The zero-order valence-corrected chi connectivity index (χ0v) is 13.1. The van der Waals surface area contributed by atoms with Crippen LogP contribution in [0.4, 0.5) is 0 Å². The fourth-order valence-electron chi connectivity index (χ4n) is 3.71. The van der Waals surface area contributed by atoms with Crippen LogP contribution in [0.15, 0.2) is 0 Å². The monoisotopic (exact) mass is 297 g/mol. The third kappa shape index (κ3) is 3.96. The molecule has 0 saturated heterocycles. The molecule has 2 N–H and O–H groups in total. The van der Waals surface area contributed by atoms with Crippen LogP contribution < -0.4 is 5.32 Å². The number of carbonyl (C=O) groups is 2. The number of carboxylic acid groups (broad SMARTS) is 1. The molecule has 2 atom stereocenters. The molecule has 2 saturated carbocycles.